The highest BCUT2D eigenvalue weighted by Gasteiger charge is 2.36. The zero-order chi connectivity index (χ0) is 19.7. The van der Waals surface area contributed by atoms with Crippen LogP contribution in [0.15, 0.2) is 5.16 Å². The molecule has 3 fully saturated rings. The number of carbonyl (C=O) groups is 2. The molecule has 2 saturated carbocycles. The fourth-order valence-corrected chi connectivity index (χ4v) is 4.54. The monoisotopic (exact) mass is 406 g/mol. The molecule has 3 aliphatic rings. The number of rotatable bonds is 8. The molecule has 1 aromatic heterocycles. The van der Waals surface area contributed by atoms with Crippen LogP contribution in [0.2, 0.25) is 0 Å². The first-order valence-corrected chi connectivity index (χ1v) is 11.4. The minimum absolute atomic E-state index is 0.0520. The van der Waals surface area contributed by atoms with Gasteiger partial charge < -0.3 is 14.8 Å². The highest BCUT2D eigenvalue weighted by Crippen LogP contribution is 2.45. The second-order valence-electron chi connectivity index (χ2n) is 8.38. The van der Waals surface area contributed by atoms with Crippen LogP contribution in [0.4, 0.5) is 0 Å². The quantitative estimate of drug-likeness (QED) is 0.654. The molecule has 1 N–H and O–H groups in total. The van der Waals surface area contributed by atoms with E-state index < -0.39 is 0 Å². The Hall–Kier alpha value is -1.61. The van der Waals surface area contributed by atoms with Gasteiger partial charge >= 0.3 is 0 Å². The van der Waals surface area contributed by atoms with Crippen molar-refractivity contribution in [3.63, 3.8) is 0 Å². The van der Waals surface area contributed by atoms with Gasteiger partial charge in [-0.05, 0) is 39.5 Å². The van der Waals surface area contributed by atoms with Crippen molar-refractivity contribution in [1.29, 1.82) is 0 Å². The first-order chi connectivity index (χ1) is 13.5. The van der Waals surface area contributed by atoms with Crippen molar-refractivity contribution in [2.75, 3.05) is 38.5 Å². The van der Waals surface area contributed by atoms with Crippen molar-refractivity contribution in [2.45, 2.75) is 62.7 Å². The number of nitrogens with one attached hydrogen (secondary N) is 1. The molecule has 0 bridgehead atoms. The van der Waals surface area contributed by atoms with E-state index in [1.807, 2.05) is 18.7 Å². The number of hydrogen-bond donors (Lipinski definition) is 1. The maximum atomic E-state index is 12.6. The third-order valence-electron chi connectivity index (χ3n) is 5.41. The van der Waals surface area contributed by atoms with Crippen LogP contribution in [0.1, 0.15) is 57.3 Å². The van der Waals surface area contributed by atoms with Crippen molar-refractivity contribution >= 4 is 23.6 Å². The van der Waals surface area contributed by atoms with E-state index in [2.05, 4.69) is 25.0 Å². The smallest absolute Gasteiger partial charge is 0.234 e. The summed E-state index contributed by atoms with van der Waals surface area (Å²) < 4.78 is 2.29. The van der Waals surface area contributed by atoms with Crippen LogP contribution in [0.3, 0.4) is 0 Å². The lowest BCUT2D eigenvalue weighted by atomic mass is 10.3. The Morgan fingerprint density at radius 2 is 1.82 bits per heavy atom. The lowest BCUT2D eigenvalue weighted by Crippen LogP contribution is -2.52. The Morgan fingerprint density at radius 1 is 1.11 bits per heavy atom. The third-order valence-corrected chi connectivity index (χ3v) is 6.34. The number of carbonyl (C=O) groups excluding carboxylic acids is 2. The van der Waals surface area contributed by atoms with E-state index in [0.29, 0.717) is 37.3 Å². The maximum absolute atomic E-state index is 12.6. The van der Waals surface area contributed by atoms with Gasteiger partial charge in [-0.3, -0.25) is 14.5 Å². The van der Waals surface area contributed by atoms with Crippen molar-refractivity contribution < 1.29 is 9.59 Å². The van der Waals surface area contributed by atoms with E-state index in [1.54, 1.807) is 0 Å². The van der Waals surface area contributed by atoms with E-state index in [0.717, 1.165) is 24.1 Å². The molecule has 2 heterocycles. The third kappa shape index (κ3) is 4.86. The molecule has 1 saturated heterocycles. The van der Waals surface area contributed by atoms with Gasteiger partial charge in [-0.15, -0.1) is 10.2 Å². The predicted octanol–water partition coefficient (Wildman–Crippen LogP) is 1.25. The van der Waals surface area contributed by atoms with E-state index in [1.165, 1.54) is 37.4 Å². The summed E-state index contributed by atoms with van der Waals surface area (Å²) in [6, 6.07) is 0.703. The number of amides is 2. The number of piperazine rings is 1. The van der Waals surface area contributed by atoms with Crippen molar-refractivity contribution in [3.8, 4) is 0 Å². The van der Waals surface area contributed by atoms with Gasteiger partial charge in [-0.25, -0.2) is 0 Å². The summed E-state index contributed by atoms with van der Waals surface area (Å²) in [5, 5.41) is 12.6. The molecule has 4 rings (SSSR count). The summed E-state index contributed by atoms with van der Waals surface area (Å²) >= 11 is 1.52. The number of hydrogen-bond acceptors (Lipinski definition) is 6. The second-order valence-corrected chi connectivity index (χ2v) is 9.33. The fourth-order valence-electron chi connectivity index (χ4n) is 3.63. The SMILES string of the molecule is CC(C)NC(=O)CN1CCN(C(=O)CSc2nnc(C3CC3)n2C2CC2)CC1. The molecule has 0 atom stereocenters. The van der Waals surface area contributed by atoms with Crippen molar-refractivity contribution in [1.82, 2.24) is 29.9 Å². The van der Waals surface area contributed by atoms with Crippen LogP contribution >= 0.6 is 11.8 Å². The van der Waals surface area contributed by atoms with Crippen molar-refractivity contribution in [2.24, 2.45) is 0 Å². The molecule has 28 heavy (non-hydrogen) atoms. The van der Waals surface area contributed by atoms with Gasteiger partial charge in [0.1, 0.15) is 5.82 Å². The minimum atomic E-state index is 0.0520. The van der Waals surface area contributed by atoms with Gasteiger partial charge in [0.15, 0.2) is 5.16 Å². The summed E-state index contributed by atoms with van der Waals surface area (Å²) in [5.41, 5.74) is 0. The summed E-state index contributed by atoms with van der Waals surface area (Å²) in [6.07, 6.45) is 4.83. The Balaban J connectivity index is 1.24. The molecule has 0 aromatic carbocycles. The highest BCUT2D eigenvalue weighted by molar-refractivity contribution is 7.99. The molecule has 2 aliphatic carbocycles. The first-order valence-electron chi connectivity index (χ1n) is 10.4. The summed E-state index contributed by atoms with van der Waals surface area (Å²) in [7, 11) is 0. The Kier molecular flexibility index (Phi) is 5.91. The molecule has 0 spiro atoms. The van der Waals surface area contributed by atoms with Gasteiger partial charge in [0.25, 0.3) is 0 Å². The molecule has 0 unspecified atom stereocenters. The van der Waals surface area contributed by atoms with Gasteiger partial charge in [0, 0.05) is 44.2 Å². The van der Waals surface area contributed by atoms with E-state index >= 15 is 0 Å². The number of aromatic nitrogens is 3. The van der Waals surface area contributed by atoms with Gasteiger partial charge in [0.05, 0.1) is 12.3 Å². The molecular weight excluding hydrogens is 376 g/mol. The highest BCUT2D eigenvalue weighted by atomic mass is 32.2. The Bertz CT molecular complexity index is 720. The normalized spacial score (nSPS) is 20.6. The largest absolute Gasteiger partial charge is 0.353 e. The van der Waals surface area contributed by atoms with Crippen LogP contribution in [-0.4, -0.2) is 80.9 Å². The summed E-state index contributed by atoms with van der Waals surface area (Å²) in [6.45, 7) is 7.17. The van der Waals surface area contributed by atoms with Crippen LogP contribution in [-0.2, 0) is 9.59 Å². The zero-order valence-electron chi connectivity index (χ0n) is 16.8. The topological polar surface area (TPSA) is 83.4 Å². The lowest BCUT2D eigenvalue weighted by Gasteiger charge is -2.34. The van der Waals surface area contributed by atoms with Crippen LogP contribution in [0.25, 0.3) is 0 Å². The van der Waals surface area contributed by atoms with Gasteiger partial charge in [0.2, 0.25) is 11.8 Å². The maximum Gasteiger partial charge on any atom is 0.234 e. The first kappa shape index (κ1) is 19.7. The Morgan fingerprint density at radius 3 is 2.43 bits per heavy atom. The van der Waals surface area contributed by atoms with Crippen molar-refractivity contribution in [3.05, 3.63) is 5.82 Å². The molecule has 2 amide bonds. The molecular formula is C19H30N6O2S. The lowest BCUT2D eigenvalue weighted by molar-refractivity contribution is -0.130. The van der Waals surface area contributed by atoms with Gasteiger partial charge in [-0.2, -0.15) is 0 Å². The molecule has 154 valence electrons. The van der Waals surface area contributed by atoms with Gasteiger partial charge in [-0.1, -0.05) is 11.8 Å². The predicted molar refractivity (Wildman–Crippen MR) is 107 cm³/mol. The van der Waals surface area contributed by atoms with Crippen LogP contribution in [0, 0.1) is 0 Å². The molecule has 9 heteroatoms. The average Bonchev–Trinajstić information content (AvgIpc) is 3.58. The molecule has 1 aromatic rings. The summed E-state index contributed by atoms with van der Waals surface area (Å²) in [4.78, 5) is 28.6. The Labute approximate surface area is 170 Å². The van der Waals surface area contributed by atoms with Crippen LogP contribution in [0.5, 0.6) is 0 Å². The van der Waals surface area contributed by atoms with Crippen LogP contribution < -0.4 is 5.32 Å². The van der Waals surface area contributed by atoms with E-state index in [-0.39, 0.29) is 17.9 Å². The number of thioether (sulfide) groups is 1. The van der Waals surface area contributed by atoms with E-state index in [4.69, 9.17) is 0 Å². The number of nitrogens with zero attached hydrogens (tertiary/aromatic N) is 5. The summed E-state index contributed by atoms with van der Waals surface area (Å²) in [5.74, 6) is 2.32. The second kappa shape index (κ2) is 8.41. The van der Waals surface area contributed by atoms with E-state index in [9.17, 15) is 9.59 Å². The average molecular weight is 407 g/mol. The standard InChI is InChI=1S/C19H30N6O2S/c1-13(2)20-16(26)11-23-7-9-24(10-8-23)17(27)12-28-19-22-21-18(14-3-4-14)25(19)15-5-6-15/h13-15H,3-12H2,1-2H3,(H,20,26). The molecule has 0 radical (unpaired) electrons. The minimum Gasteiger partial charge on any atom is -0.353 e. The molecule has 1 aliphatic heterocycles. The molecule has 8 nitrogen and oxygen atoms in total. The zero-order valence-corrected chi connectivity index (χ0v) is 17.6. The fraction of sp³-hybridized carbons (Fsp3) is 0.789.